The zero-order valence-corrected chi connectivity index (χ0v) is 26.5. The minimum atomic E-state index is -0.0475. The van der Waals surface area contributed by atoms with Crippen molar-refractivity contribution in [2.45, 2.75) is 38.5 Å². The predicted molar refractivity (Wildman–Crippen MR) is 190 cm³/mol. The molecule has 3 aliphatic carbocycles. The van der Waals surface area contributed by atoms with Gasteiger partial charge in [-0.05, 0) is 94.5 Å². The summed E-state index contributed by atoms with van der Waals surface area (Å²) in [6, 6.07) is 32.8. The summed E-state index contributed by atoms with van der Waals surface area (Å²) in [6.07, 6.45) is 11.3. The molecule has 2 heterocycles. The first-order chi connectivity index (χ1) is 22.5. The Balaban J connectivity index is 1.20. The molecule has 0 fully saturated rings. The zero-order chi connectivity index (χ0) is 31.2. The topological polar surface area (TPSA) is 52.5 Å². The molecule has 0 atom stereocenters. The number of para-hydroxylation sites is 1. The molecule has 4 aromatic carbocycles. The molecule has 6 aromatic rings. The van der Waals surface area contributed by atoms with E-state index in [1.165, 1.54) is 48.5 Å². The van der Waals surface area contributed by atoms with Crippen molar-refractivity contribution in [3.8, 4) is 29.0 Å². The second kappa shape index (κ2) is 9.79. The number of hydrogen-bond acceptors (Lipinski definition) is 3. The average Bonchev–Trinajstić information content (AvgIpc) is 3.62. The number of nitrogens with zero attached hydrogens (tertiary/aromatic N) is 3. The number of fused-ring (bicyclic) bond motifs is 10. The van der Waals surface area contributed by atoms with Gasteiger partial charge in [-0.3, -0.25) is 0 Å². The van der Waals surface area contributed by atoms with E-state index in [1.54, 1.807) is 0 Å². The molecule has 3 aliphatic rings. The van der Waals surface area contributed by atoms with Gasteiger partial charge < -0.3 is 4.57 Å². The number of thiophene rings is 1. The molecule has 0 saturated heterocycles. The average molecular weight is 608 g/mol. The van der Waals surface area contributed by atoms with Crippen LogP contribution in [0.1, 0.15) is 64.2 Å². The highest BCUT2D eigenvalue weighted by atomic mass is 32.1. The van der Waals surface area contributed by atoms with Crippen LogP contribution in [0.2, 0.25) is 0 Å². The van der Waals surface area contributed by atoms with E-state index < -0.39 is 0 Å². The minimum Gasteiger partial charge on any atom is -0.312 e. The molecule has 4 heteroatoms. The van der Waals surface area contributed by atoms with E-state index in [2.05, 4.69) is 122 Å². The Hall–Kier alpha value is -5.42. The van der Waals surface area contributed by atoms with E-state index in [4.69, 9.17) is 0 Å². The van der Waals surface area contributed by atoms with Gasteiger partial charge in [0.1, 0.15) is 0 Å². The van der Waals surface area contributed by atoms with Crippen LogP contribution in [-0.4, -0.2) is 4.57 Å². The van der Waals surface area contributed by atoms with E-state index in [1.807, 2.05) is 23.5 Å². The van der Waals surface area contributed by atoms with Gasteiger partial charge in [0.2, 0.25) is 0 Å². The third-order valence-electron chi connectivity index (χ3n) is 10.2. The molecule has 0 N–H and O–H groups in total. The molecule has 0 radical (unpaired) electrons. The Morgan fingerprint density at radius 1 is 0.804 bits per heavy atom. The summed E-state index contributed by atoms with van der Waals surface area (Å²) >= 11 is 1.91. The zero-order valence-electron chi connectivity index (χ0n) is 25.7. The van der Waals surface area contributed by atoms with Gasteiger partial charge in [-0.15, -0.1) is 11.3 Å². The molecule has 2 aromatic heterocycles. The van der Waals surface area contributed by atoms with E-state index >= 15 is 0 Å². The van der Waals surface area contributed by atoms with Gasteiger partial charge in [0, 0.05) is 42.8 Å². The lowest BCUT2D eigenvalue weighted by atomic mass is 9.82. The van der Waals surface area contributed by atoms with Crippen LogP contribution in [0.15, 0.2) is 96.6 Å². The van der Waals surface area contributed by atoms with Crippen molar-refractivity contribution in [2.24, 2.45) is 0 Å². The van der Waals surface area contributed by atoms with Gasteiger partial charge in [0.25, 0.3) is 0 Å². The van der Waals surface area contributed by atoms with Crippen molar-refractivity contribution < 1.29 is 0 Å². The van der Waals surface area contributed by atoms with Gasteiger partial charge in [0.15, 0.2) is 0 Å². The Kier molecular flexibility index (Phi) is 5.73. The molecular formula is C42H29N3S. The van der Waals surface area contributed by atoms with Crippen molar-refractivity contribution in [3.05, 3.63) is 141 Å². The number of hydrogen-bond donors (Lipinski definition) is 0. The Labute approximate surface area is 272 Å². The quantitative estimate of drug-likeness (QED) is 0.197. The maximum absolute atomic E-state index is 9.94. The van der Waals surface area contributed by atoms with Crippen molar-refractivity contribution >= 4 is 50.1 Å². The van der Waals surface area contributed by atoms with Crippen molar-refractivity contribution in [2.75, 3.05) is 0 Å². The molecule has 0 spiro atoms. The highest BCUT2D eigenvalue weighted by Gasteiger charge is 2.37. The third-order valence-corrected chi connectivity index (χ3v) is 11.5. The Morgan fingerprint density at radius 2 is 1.65 bits per heavy atom. The molecule has 3 nitrogen and oxygen atoms in total. The van der Waals surface area contributed by atoms with Crippen LogP contribution < -0.4 is 0 Å². The maximum Gasteiger partial charge on any atom is 0.0991 e. The Bertz CT molecular complexity index is 2500. The van der Waals surface area contributed by atoms with E-state index in [0.29, 0.717) is 5.56 Å². The minimum absolute atomic E-state index is 0.0475. The molecule has 0 amide bonds. The van der Waals surface area contributed by atoms with Crippen molar-refractivity contribution in [1.82, 2.24) is 4.57 Å². The fraction of sp³-hybridized carbons (Fsp3) is 0.143. The second-order valence-electron chi connectivity index (χ2n) is 13.0. The van der Waals surface area contributed by atoms with Crippen molar-refractivity contribution in [3.63, 3.8) is 0 Å². The predicted octanol–water partition coefficient (Wildman–Crippen LogP) is 10.5. The summed E-state index contributed by atoms with van der Waals surface area (Å²) in [5, 5.41) is 22.1. The number of benzene rings is 4. The molecule has 0 saturated carbocycles. The summed E-state index contributed by atoms with van der Waals surface area (Å²) in [7, 11) is 0. The van der Waals surface area contributed by atoms with Crippen LogP contribution in [-0.2, 0) is 18.3 Å². The number of nitriles is 2. The summed E-state index contributed by atoms with van der Waals surface area (Å²) in [4.78, 5) is 1.30. The summed E-state index contributed by atoms with van der Waals surface area (Å²) < 4.78 is 3.76. The summed E-state index contributed by atoms with van der Waals surface area (Å²) in [5.74, 6) is 0. The highest BCUT2D eigenvalue weighted by molar-refractivity contribution is 7.20. The lowest BCUT2D eigenvalue weighted by Gasteiger charge is -2.22. The fourth-order valence-corrected chi connectivity index (χ4v) is 9.52. The molecule has 9 rings (SSSR count). The van der Waals surface area contributed by atoms with E-state index in [-0.39, 0.29) is 5.41 Å². The SMILES string of the molecule is CC1(C)c2ccccc2-c2ccc3c4c(sc3c21)C=CC(c1cc(C#N)ccc1-n1c2c(c3ccccc31)C=C(C#N)CC2)=CC4. The van der Waals surface area contributed by atoms with Crippen molar-refractivity contribution in [1.29, 1.82) is 10.5 Å². The number of aromatic nitrogens is 1. The maximum atomic E-state index is 9.94. The van der Waals surface area contributed by atoms with Crippen LogP contribution in [0.3, 0.4) is 0 Å². The van der Waals surface area contributed by atoms with Gasteiger partial charge in [0.05, 0.1) is 28.9 Å². The number of rotatable bonds is 2. The fourth-order valence-electron chi connectivity index (χ4n) is 8.08. The first kappa shape index (κ1) is 26.9. The Morgan fingerprint density at radius 3 is 2.52 bits per heavy atom. The van der Waals surface area contributed by atoms with Gasteiger partial charge in [-0.2, -0.15) is 10.5 Å². The largest absolute Gasteiger partial charge is 0.312 e. The third kappa shape index (κ3) is 3.69. The standard InChI is InChI=1S/C42H29N3S/c1-42(2)35-9-5-3-7-28(35)31-16-17-32-30-15-13-27(14-20-39(30)46-41(32)40(31)42)33-21-25(23-43)11-18-37(33)45-36-10-6-4-8-29(36)34-22-26(24-44)12-19-38(34)45/h3-11,13-14,16-18,20-22H,12,15,19H2,1-2H3. The second-order valence-corrected chi connectivity index (χ2v) is 14.1. The number of allylic oxidation sites excluding steroid dienone is 4. The smallest absolute Gasteiger partial charge is 0.0991 e. The molecule has 0 bridgehead atoms. The van der Waals surface area contributed by atoms with Crippen LogP contribution in [0.25, 0.3) is 55.5 Å². The molecular weight excluding hydrogens is 579 g/mol. The molecule has 0 unspecified atom stereocenters. The lowest BCUT2D eigenvalue weighted by Crippen LogP contribution is -2.15. The normalized spacial score (nSPS) is 15.7. The lowest BCUT2D eigenvalue weighted by molar-refractivity contribution is 0.667. The van der Waals surface area contributed by atoms with Crippen LogP contribution in [0.4, 0.5) is 0 Å². The van der Waals surface area contributed by atoms with E-state index in [9.17, 15) is 10.5 Å². The van der Waals surface area contributed by atoms with Crippen LogP contribution >= 0.6 is 11.3 Å². The van der Waals surface area contributed by atoms with Gasteiger partial charge >= 0.3 is 0 Å². The van der Waals surface area contributed by atoms with Crippen LogP contribution in [0.5, 0.6) is 0 Å². The summed E-state index contributed by atoms with van der Waals surface area (Å²) in [6.45, 7) is 4.72. The first-order valence-electron chi connectivity index (χ1n) is 15.8. The molecule has 218 valence electrons. The monoisotopic (exact) mass is 607 g/mol. The summed E-state index contributed by atoms with van der Waals surface area (Å²) in [5.41, 5.74) is 15.1. The molecule has 0 aliphatic heterocycles. The first-order valence-corrected chi connectivity index (χ1v) is 16.6. The molecule has 46 heavy (non-hydrogen) atoms. The highest BCUT2D eigenvalue weighted by Crippen LogP contribution is 2.53. The van der Waals surface area contributed by atoms with Gasteiger partial charge in [-0.1, -0.05) is 80.6 Å². The van der Waals surface area contributed by atoms with Gasteiger partial charge in [-0.25, -0.2) is 0 Å². The van der Waals surface area contributed by atoms with E-state index in [0.717, 1.165) is 58.1 Å². The van der Waals surface area contributed by atoms with Crippen LogP contribution in [0, 0.1) is 22.7 Å².